The Morgan fingerprint density at radius 3 is 1.97 bits per heavy atom. The summed E-state index contributed by atoms with van der Waals surface area (Å²) in [6, 6.07) is 39.3. The third-order valence-corrected chi connectivity index (χ3v) is 6.19. The molecule has 0 aliphatic rings. The molecule has 1 aromatic heterocycles. The molecular formula is C30H23BrN2O. The predicted octanol–water partition coefficient (Wildman–Crippen LogP) is 8.33. The highest BCUT2D eigenvalue weighted by molar-refractivity contribution is 9.10. The lowest BCUT2D eigenvalue weighted by atomic mass is 10.1. The minimum absolute atomic E-state index is 0.816. The summed E-state index contributed by atoms with van der Waals surface area (Å²) in [5.41, 5.74) is 7.48. The molecule has 0 unspecified atom stereocenters. The first-order valence-electron chi connectivity index (χ1n) is 11.0. The van der Waals surface area contributed by atoms with Crippen LogP contribution in [-0.2, 0) is 0 Å². The number of aliphatic imine (C=N–C) groups is 1. The lowest BCUT2D eigenvalue weighted by molar-refractivity contribution is 0.415. The summed E-state index contributed by atoms with van der Waals surface area (Å²) in [4.78, 5) is 4.79. The van der Waals surface area contributed by atoms with Gasteiger partial charge in [0.1, 0.15) is 5.75 Å². The van der Waals surface area contributed by atoms with Gasteiger partial charge in [0, 0.05) is 21.9 Å². The van der Waals surface area contributed by atoms with Gasteiger partial charge in [0.15, 0.2) is 0 Å². The standard InChI is InChI=1S/C30H23BrN2O/c1-34-28-18-14-26(15-19-28)32-21-24-20-29(22-8-4-2-5-9-22)33(27-16-12-25(31)13-17-27)30(24)23-10-6-3-7-11-23/h2-21H,1H3. The van der Waals surface area contributed by atoms with Crippen LogP contribution in [0.3, 0.4) is 0 Å². The second kappa shape index (κ2) is 9.94. The topological polar surface area (TPSA) is 26.5 Å². The van der Waals surface area contributed by atoms with E-state index in [-0.39, 0.29) is 0 Å². The van der Waals surface area contributed by atoms with Crippen LogP contribution >= 0.6 is 15.9 Å². The highest BCUT2D eigenvalue weighted by atomic mass is 79.9. The van der Waals surface area contributed by atoms with Crippen molar-refractivity contribution < 1.29 is 4.74 Å². The molecule has 0 atom stereocenters. The second-order valence-corrected chi connectivity index (χ2v) is 8.75. The van der Waals surface area contributed by atoms with Gasteiger partial charge < -0.3 is 9.30 Å². The van der Waals surface area contributed by atoms with E-state index in [1.54, 1.807) is 7.11 Å². The molecule has 0 fully saturated rings. The second-order valence-electron chi connectivity index (χ2n) is 7.83. The fraction of sp³-hybridized carbons (Fsp3) is 0.0333. The summed E-state index contributed by atoms with van der Waals surface area (Å²) in [5, 5.41) is 0. The zero-order chi connectivity index (χ0) is 23.3. The zero-order valence-corrected chi connectivity index (χ0v) is 20.3. The van der Waals surface area contributed by atoms with Gasteiger partial charge in [0.2, 0.25) is 0 Å². The Bertz CT molecular complexity index is 1410. The molecule has 0 amide bonds. The molecule has 0 spiro atoms. The first-order valence-corrected chi connectivity index (χ1v) is 11.8. The van der Waals surface area contributed by atoms with E-state index in [1.165, 1.54) is 0 Å². The summed E-state index contributed by atoms with van der Waals surface area (Å²) >= 11 is 3.57. The number of hydrogen-bond acceptors (Lipinski definition) is 2. The van der Waals surface area contributed by atoms with Crippen LogP contribution in [0.4, 0.5) is 5.69 Å². The number of rotatable bonds is 6. The van der Waals surface area contributed by atoms with Crippen molar-refractivity contribution >= 4 is 27.8 Å². The van der Waals surface area contributed by atoms with Gasteiger partial charge in [-0.25, -0.2) is 0 Å². The van der Waals surface area contributed by atoms with Crippen molar-refractivity contribution in [2.24, 2.45) is 4.99 Å². The lowest BCUT2D eigenvalue weighted by Crippen LogP contribution is -2.00. The Labute approximate surface area is 208 Å². The van der Waals surface area contributed by atoms with Crippen molar-refractivity contribution in [3.8, 4) is 34.0 Å². The zero-order valence-electron chi connectivity index (χ0n) is 18.7. The van der Waals surface area contributed by atoms with E-state index in [0.29, 0.717) is 0 Å². The maximum Gasteiger partial charge on any atom is 0.119 e. The van der Waals surface area contributed by atoms with E-state index in [0.717, 1.165) is 49.7 Å². The summed E-state index contributed by atoms with van der Waals surface area (Å²) < 4.78 is 8.64. The SMILES string of the molecule is COc1ccc(N=Cc2cc(-c3ccccc3)n(-c3ccc(Br)cc3)c2-c2ccccc2)cc1. The lowest BCUT2D eigenvalue weighted by Gasteiger charge is -2.15. The number of nitrogens with zero attached hydrogens (tertiary/aromatic N) is 2. The molecule has 0 aliphatic heterocycles. The molecule has 5 aromatic rings. The fourth-order valence-corrected chi connectivity index (χ4v) is 4.28. The molecule has 166 valence electrons. The van der Waals surface area contributed by atoms with Gasteiger partial charge in [-0.1, -0.05) is 76.6 Å². The van der Waals surface area contributed by atoms with E-state index >= 15 is 0 Å². The van der Waals surface area contributed by atoms with Crippen molar-refractivity contribution in [3.63, 3.8) is 0 Å². The van der Waals surface area contributed by atoms with Crippen molar-refractivity contribution in [2.45, 2.75) is 0 Å². The van der Waals surface area contributed by atoms with Crippen LogP contribution in [-0.4, -0.2) is 17.9 Å². The van der Waals surface area contributed by atoms with Crippen molar-refractivity contribution in [1.82, 2.24) is 4.57 Å². The van der Waals surface area contributed by atoms with Gasteiger partial charge in [0.05, 0.1) is 24.2 Å². The smallest absolute Gasteiger partial charge is 0.119 e. The number of benzene rings is 4. The van der Waals surface area contributed by atoms with Gasteiger partial charge in [0.25, 0.3) is 0 Å². The van der Waals surface area contributed by atoms with Gasteiger partial charge in [-0.15, -0.1) is 0 Å². The third kappa shape index (κ3) is 4.59. The molecule has 0 saturated heterocycles. The quantitative estimate of drug-likeness (QED) is 0.212. The first kappa shape index (κ1) is 21.9. The van der Waals surface area contributed by atoms with Crippen LogP contribution in [0.1, 0.15) is 5.56 Å². The van der Waals surface area contributed by atoms with Gasteiger partial charge >= 0.3 is 0 Å². The van der Waals surface area contributed by atoms with Gasteiger partial charge in [-0.05, 0) is 65.7 Å². The van der Waals surface area contributed by atoms with E-state index in [1.807, 2.05) is 42.6 Å². The van der Waals surface area contributed by atoms with Crippen LogP contribution in [0.25, 0.3) is 28.2 Å². The molecule has 34 heavy (non-hydrogen) atoms. The largest absolute Gasteiger partial charge is 0.497 e. The van der Waals surface area contributed by atoms with Gasteiger partial charge in [-0.3, -0.25) is 4.99 Å². The highest BCUT2D eigenvalue weighted by Crippen LogP contribution is 2.36. The van der Waals surface area contributed by atoms with Crippen LogP contribution in [0.5, 0.6) is 5.75 Å². The molecule has 3 nitrogen and oxygen atoms in total. The first-order chi connectivity index (χ1) is 16.7. The maximum absolute atomic E-state index is 5.28. The summed E-state index contributed by atoms with van der Waals surface area (Å²) in [7, 11) is 1.67. The molecule has 0 aliphatic carbocycles. The fourth-order valence-electron chi connectivity index (χ4n) is 4.01. The van der Waals surface area contributed by atoms with Crippen LogP contribution in [0, 0.1) is 0 Å². The number of halogens is 1. The average Bonchev–Trinajstić information content (AvgIpc) is 3.29. The monoisotopic (exact) mass is 506 g/mol. The number of hydrogen-bond donors (Lipinski definition) is 0. The van der Waals surface area contributed by atoms with E-state index in [9.17, 15) is 0 Å². The average molecular weight is 507 g/mol. The molecular weight excluding hydrogens is 484 g/mol. The molecule has 4 aromatic carbocycles. The molecule has 1 heterocycles. The Morgan fingerprint density at radius 2 is 1.35 bits per heavy atom. The van der Waals surface area contributed by atoms with Crippen LogP contribution < -0.4 is 4.74 Å². The maximum atomic E-state index is 5.28. The minimum Gasteiger partial charge on any atom is -0.497 e. The summed E-state index contributed by atoms with van der Waals surface area (Å²) in [6.07, 6.45) is 1.95. The Kier molecular flexibility index (Phi) is 6.41. The Morgan fingerprint density at radius 1 is 0.735 bits per heavy atom. The molecule has 0 radical (unpaired) electrons. The molecule has 0 saturated carbocycles. The number of aromatic nitrogens is 1. The van der Waals surface area contributed by atoms with Gasteiger partial charge in [-0.2, -0.15) is 0 Å². The summed E-state index contributed by atoms with van der Waals surface area (Å²) in [6.45, 7) is 0. The molecule has 4 heteroatoms. The Hall–Kier alpha value is -3.89. The van der Waals surface area contributed by atoms with Crippen LogP contribution in [0.2, 0.25) is 0 Å². The highest BCUT2D eigenvalue weighted by Gasteiger charge is 2.18. The molecule has 0 bridgehead atoms. The predicted molar refractivity (Wildman–Crippen MR) is 145 cm³/mol. The Balaban J connectivity index is 1.73. The summed E-state index contributed by atoms with van der Waals surface area (Å²) in [5.74, 6) is 0.816. The van der Waals surface area contributed by atoms with E-state index in [4.69, 9.17) is 9.73 Å². The van der Waals surface area contributed by atoms with E-state index < -0.39 is 0 Å². The minimum atomic E-state index is 0.816. The van der Waals surface area contributed by atoms with Crippen molar-refractivity contribution in [3.05, 3.63) is 125 Å². The molecule has 0 N–H and O–H groups in total. The van der Waals surface area contributed by atoms with Crippen LogP contribution in [0.15, 0.2) is 125 Å². The van der Waals surface area contributed by atoms with E-state index in [2.05, 4.69) is 99.4 Å². The normalized spacial score (nSPS) is 11.1. The number of ether oxygens (including phenoxy) is 1. The van der Waals surface area contributed by atoms with Crippen molar-refractivity contribution in [2.75, 3.05) is 7.11 Å². The third-order valence-electron chi connectivity index (χ3n) is 5.66. The molecule has 5 rings (SSSR count). The van der Waals surface area contributed by atoms with Crippen molar-refractivity contribution in [1.29, 1.82) is 0 Å². The number of methoxy groups -OCH3 is 1.